The molecule has 0 spiro atoms. The SMILES string of the molecule is CCCCN1C(=O)C(/C=C/c2cc(C(=O)CCC)c(N(CCCC)CCCC)c3ccccc23)=C(C#N)C1=C(C#N)C#N. The molecule has 222 valence electrons. The van der Waals surface area contributed by atoms with Gasteiger partial charge in [-0.05, 0) is 48.8 Å². The van der Waals surface area contributed by atoms with Gasteiger partial charge in [0.25, 0.3) is 5.91 Å². The van der Waals surface area contributed by atoms with Gasteiger partial charge in [0.2, 0.25) is 0 Å². The summed E-state index contributed by atoms with van der Waals surface area (Å²) in [5.41, 5.74) is 2.37. The first-order valence-electron chi connectivity index (χ1n) is 15.4. The number of hydrogen-bond acceptors (Lipinski definition) is 6. The first kappa shape index (κ1) is 32.8. The van der Waals surface area contributed by atoms with Crippen LogP contribution >= 0.6 is 0 Å². The number of carbonyl (C=O) groups is 2. The maximum atomic E-state index is 13.6. The average molecular weight is 576 g/mol. The summed E-state index contributed by atoms with van der Waals surface area (Å²) in [5, 5.41) is 31.2. The van der Waals surface area contributed by atoms with E-state index in [9.17, 15) is 25.4 Å². The van der Waals surface area contributed by atoms with Gasteiger partial charge in [0, 0.05) is 37.0 Å². The number of nitriles is 3. The van der Waals surface area contributed by atoms with Gasteiger partial charge in [0.1, 0.15) is 18.2 Å². The summed E-state index contributed by atoms with van der Waals surface area (Å²) in [4.78, 5) is 30.9. The molecular weight excluding hydrogens is 534 g/mol. The largest absolute Gasteiger partial charge is 0.370 e. The van der Waals surface area contributed by atoms with E-state index in [0.29, 0.717) is 24.9 Å². The molecule has 3 rings (SSSR count). The summed E-state index contributed by atoms with van der Waals surface area (Å²) in [7, 11) is 0. The molecule has 2 aromatic carbocycles. The number of anilines is 1. The second kappa shape index (κ2) is 16.1. The van der Waals surface area contributed by atoms with Crippen molar-refractivity contribution in [2.24, 2.45) is 0 Å². The summed E-state index contributed by atoms with van der Waals surface area (Å²) in [6, 6.07) is 15.7. The quantitative estimate of drug-likeness (QED) is 0.157. The Kier molecular flexibility index (Phi) is 12.3. The Hall–Kier alpha value is -4.67. The minimum absolute atomic E-state index is 0.0176. The molecule has 1 aliphatic heterocycles. The second-order valence-electron chi connectivity index (χ2n) is 10.8. The number of amides is 1. The van der Waals surface area contributed by atoms with Crippen LogP contribution in [0.15, 0.2) is 58.8 Å². The maximum Gasteiger partial charge on any atom is 0.259 e. The summed E-state index contributed by atoms with van der Waals surface area (Å²) in [5.74, 6) is -0.332. The number of benzene rings is 2. The Balaban J connectivity index is 2.28. The molecule has 0 radical (unpaired) electrons. The summed E-state index contributed by atoms with van der Waals surface area (Å²) in [6.45, 7) is 10.3. The smallest absolute Gasteiger partial charge is 0.259 e. The maximum absolute atomic E-state index is 13.6. The van der Waals surface area contributed by atoms with Gasteiger partial charge in [0.05, 0.1) is 22.5 Å². The summed E-state index contributed by atoms with van der Waals surface area (Å²) < 4.78 is 0. The lowest BCUT2D eigenvalue weighted by Crippen LogP contribution is -2.28. The molecular formula is C36H41N5O2. The fourth-order valence-corrected chi connectivity index (χ4v) is 5.45. The number of unbranched alkanes of at least 4 members (excludes halogenated alkanes) is 3. The molecule has 1 heterocycles. The van der Waals surface area contributed by atoms with Crippen LogP contribution in [0.2, 0.25) is 0 Å². The highest BCUT2D eigenvalue weighted by Crippen LogP contribution is 2.37. The molecule has 0 aromatic heterocycles. The van der Waals surface area contributed by atoms with Crippen molar-refractivity contribution in [3.05, 3.63) is 70.0 Å². The molecule has 0 saturated carbocycles. The first-order chi connectivity index (χ1) is 20.9. The third kappa shape index (κ3) is 7.22. The lowest BCUT2D eigenvalue weighted by molar-refractivity contribution is -0.124. The van der Waals surface area contributed by atoms with E-state index in [2.05, 4.69) is 30.9 Å². The Morgan fingerprint density at radius 3 is 2.07 bits per heavy atom. The van der Waals surface area contributed by atoms with E-state index in [1.165, 1.54) is 4.90 Å². The Morgan fingerprint density at radius 2 is 1.51 bits per heavy atom. The molecule has 0 saturated heterocycles. The molecule has 0 atom stereocenters. The highest BCUT2D eigenvalue weighted by atomic mass is 16.2. The molecule has 0 N–H and O–H groups in total. The highest BCUT2D eigenvalue weighted by Gasteiger charge is 2.36. The van der Waals surface area contributed by atoms with Crippen LogP contribution < -0.4 is 4.90 Å². The summed E-state index contributed by atoms with van der Waals surface area (Å²) in [6.07, 6.45) is 10.1. The minimum Gasteiger partial charge on any atom is -0.370 e. The zero-order chi connectivity index (χ0) is 31.4. The topological polar surface area (TPSA) is 112 Å². The lowest BCUT2D eigenvalue weighted by atomic mass is 9.93. The van der Waals surface area contributed by atoms with Gasteiger partial charge in [-0.1, -0.05) is 77.3 Å². The molecule has 43 heavy (non-hydrogen) atoms. The number of allylic oxidation sites excluding steroid dienone is 2. The van der Waals surface area contributed by atoms with Crippen molar-refractivity contribution in [2.75, 3.05) is 24.5 Å². The number of rotatable bonds is 15. The van der Waals surface area contributed by atoms with Gasteiger partial charge >= 0.3 is 0 Å². The van der Waals surface area contributed by atoms with Crippen molar-refractivity contribution in [3.63, 3.8) is 0 Å². The lowest BCUT2D eigenvalue weighted by Gasteiger charge is -2.29. The van der Waals surface area contributed by atoms with Crippen LogP contribution in [0.4, 0.5) is 5.69 Å². The van der Waals surface area contributed by atoms with E-state index in [0.717, 1.165) is 73.6 Å². The van der Waals surface area contributed by atoms with Gasteiger partial charge in [0.15, 0.2) is 11.4 Å². The molecule has 0 unspecified atom stereocenters. The van der Waals surface area contributed by atoms with Gasteiger partial charge in [-0.15, -0.1) is 0 Å². The molecule has 0 fully saturated rings. The standard InChI is InChI=1S/C36H41N5O2/c1-5-9-19-40(20-10-6-2)35-29-16-13-12-15-28(29)26(22-31(35)33(42)14-8-4)17-18-30-32(25-39)34(27(23-37)24-38)41(36(30)43)21-11-7-3/h12-13,15-18,22H,5-11,14,19-21H2,1-4H3/b18-17+. The van der Waals surface area contributed by atoms with E-state index < -0.39 is 5.91 Å². The van der Waals surface area contributed by atoms with E-state index >= 15 is 0 Å². The van der Waals surface area contributed by atoms with E-state index in [-0.39, 0.29) is 28.2 Å². The average Bonchev–Trinajstić information content (AvgIpc) is 3.29. The Morgan fingerprint density at radius 1 is 0.884 bits per heavy atom. The van der Waals surface area contributed by atoms with Gasteiger partial charge in [-0.3, -0.25) is 9.59 Å². The van der Waals surface area contributed by atoms with Crippen molar-refractivity contribution in [3.8, 4) is 18.2 Å². The number of ketones is 1. The Bertz CT molecular complexity index is 1550. The number of hydrogen-bond donors (Lipinski definition) is 0. The zero-order valence-electron chi connectivity index (χ0n) is 25.9. The normalized spacial score (nSPS) is 13.0. The summed E-state index contributed by atoms with van der Waals surface area (Å²) >= 11 is 0. The first-order valence-corrected chi connectivity index (χ1v) is 15.4. The van der Waals surface area contributed by atoms with Crippen LogP contribution in [0.25, 0.3) is 16.8 Å². The van der Waals surface area contributed by atoms with Crippen LogP contribution in [0.3, 0.4) is 0 Å². The monoisotopic (exact) mass is 575 g/mol. The van der Waals surface area contributed by atoms with Crippen molar-refractivity contribution < 1.29 is 9.59 Å². The number of fused-ring (bicyclic) bond motifs is 1. The van der Waals surface area contributed by atoms with Crippen molar-refractivity contribution in [2.45, 2.75) is 79.1 Å². The predicted octanol–water partition coefficient (Wildman–Crippen LogP) is 8.01. The Labute approximate surface area is 256 Å². The van der Waals surface area contributed by atoms with Crippen molar-refractivity contribution in [1.29, 1.82) is 15.8 Å². The molecule has 1 amide bonds. The molecule has 2 aromatic rings. The van der Waals surface area contributed by atoms with Gasteiger partial charge in [-0.2, -0.15) is 15.8 Å². The van der Waals surface area contributed by atoms with Crippen LogP contribution in [0.5, 0.6) is 0 Å². The van der Waals surface area contributed by atoms with Gasteiger partial charge in [-0.25, -0.2) is 0 Å². The van der Waals surface area contributed by atoms with Crippen molar-refractivity contribution >= 4 is 34.2 Å². The van der Waals surface area contributed by atoms with Crippen LogP contribution in [-0.4, -0.2) is 36.2 Å². The van der Waals surface area contributed by atoms with E-state index in [1.807, 2.05) is 50.3 Å². The van der Waals surface area contributed by atoms with Crippen molar-refractivity contribution in [1.82, 2.24) is 4.90 Å². The molecule has 7 nitrogen and oxygen atoms in total. The fourth-order valence-electron chi connectivity index (χ4n) is 5.45. The number of carbonyl (C=O) groups excluding carboxylic acids is 2. The fraction of sp³-hybridized carbons (Fsp3) is 0.417. The zero-order valence-corrected chi connectivity index (χ0v) is 25.9. The van der Waals surface area contributed by atoms with Gasteiger partial charge < -0.3 is 9.80 Å². The molecule has 0 bridgehead atoms. The number of Topliss-reactive ketones (excluding diaryl/α,β-unsaturated/α-hetero) is 1. The van der Waals surface area contributed by atoms with E-state index in [1.54, 1.807) is 12.2 Å². The number of nitrogens with zero attached hydrogens (tertiary/aromatic N) is 5. The van der Waals surface area contributed by atoms with Crippen LogP contribution in [0.1, 0.15) is 95.0 Å². The van der Waals surface area contributed by atoms with Crippen LogP contribution in [-0.2, 0) is 4.79 Å². The minimum atomic E-state index is -0.409. The third-order valence-electron chi connectivity index (χ3n) is 7.69. The third-order valence-corrected chi connectivity index (χ3v) is 7.69. The second-order valence-corrected chi connectivity index (χ2v) is 10.8. The molecule has 0 aliphatic carbocycles. The molecule has 1 aliphatic rings. The van der Waals surface area contributed by atoms with E-state index in [4.69, 9.17) is 0 Å². The highest BCUT2D eigenvalue weighted by molar-refractivity contribution is 6.12. The van der Waals surface area contributed by atoms with Crippen LogP contribution in [0, 0.1) is 34.0 Å². The molecule has 7 heteroatoms. The predicted molar refractivity (Wildman–Crippen MR) is 172 cm³/mol.